The summed E-state index contributed by atoms with van der Waals surface area (Å²) in [5, 5.41) is 6.04. The normalized spacial score (nSPS) is 25.1. The van der Waals surface area contributed by atoms with Crippen molar-refractivity contribution < 1.29 is 4.79 Å². The number of amides is 1. The highest BCUT2D eigenvalue weighted by Gasteiger charge is 2.27. The standard InChI is InChI=1S/C11H18N2O/c1-4-11(3,5-2)13-10(14)9-7-6-8-12-9/h1,9,12H,5-8H2,2-3H3,(H,13,14). The highest BCUT2D eigenvalue weighted by Crippen LogP contribution is 2.10. The molecular formula is C11H18N2O. The zero-order chi connectivity index (χ0) is 10.6. The summed E-state index contributed by atoms with van der Waals surface area (Å²) in [4.78, 5) is 11.7. The van der Waals surface area contributed by atoms with Crippen LogP contribution in [0, 0.1) is 12.3 Å². The molecule has 0 radical (unpaired) electrons. The number of nitrogens with one attached hydrogen (secondary N) is 2. The minimum atomic E-state index is -0.499. The van der Waals surface area contributed by atoms with Crippen LogP contribution < -0.4 is 10.6 Å². The third kappa shape index (κ3) is 2.49. The van der Waals surface area contributed by atoms with Gasteiger partial charge in [-0.25, -0.2) is 0 Å². The van der Waals surface area contributed by atoms with Crippen LogP contribution in [0.15, 0.2) is 0 Å². The van der Waals surface area contributed by atoms with Crippen LogP contribution >= 0.6 is 0 Å². The van der Waals surface area contributed by atoms with E-state index in [-0.39, 0.29) is 11.9 Å². The zero-order valence-corrected chi connectivity index (χ0v) is 8.89. The fourth-order valence-electron chi connectivity index (χ4n) is 1.49. The van der Waals surface area contributed by atoms with Gasteiger partial charge in [-0.1, -0.05) is 12.8 Å². The van der Waals surface area contributed by atoms with E-state index < -0.39 is 5.54 Å². The first-order valence-electron chi connectivity index (χ1n) is 5.14. The van der Waals surface area contributed by atoms with Crippen molar-refractivity contribution in [1.29, 1.82) is 0 Å². The topological polar surface area (TPSA) is 41.1 Å². The molecule has 0 aliphatic carbocycles. The Morgan fingerprint density at radius 1 is 1.79 bits per heavy atom. The second-order valence-electron chi connectivity index (χ2n) is 3.97. The Morgan fingerprint density at radius 2 is 2.50 bits per heavy atom. The summed E-state index contributed by atoms with van der Waals surface area (Å²) >= 11 is 0. The largest absolute Gasteiger partial charge is 0.339 e. The van der Waals surface area contributed by atoms with Crippen molar-refractivity contribution in [2.75, 3.05) is 6.54 Å². The van der Waals surface area contributed by atoms with Crippen molar-refractivity contribution >= 4 is 5.91 Å². The van der Waals surface area contributed by atoms with Crippen LogP contribution in [0.3, 0.4) is 0 Å². The van der Waals surface area contributed by atoms with Crippen LogP contribution in [0.5, 0.6) is 0 Å². The number of hydrogen-bond donors (Lipinski definition) is 2. The minimum Gasteiger partial charge on any atom is -0.339 e. The summed E-state index contributed by atoms with van der Waals surface area (Å²) in [6, 6.07) is -0.0470. The summed E-state index contributed by atoms with van der Waals surface area (Å²) in [5.41, 5.74) is -0.499. The smallest absolute Gasteiger partial charge is 0.238 e. The Bertz CT molecular complexity index is 251. The second kappa shape index (κ2) is 4.47. The van der Waals surface area contributed by atoms with Gasteiger partial charge < -0.3 is 10.6 Å². The molecule has 2 unspecified atom stereocenters. The predicted molar refractivity (Wildman–Crippen MR) is 56.7 cm³/mol. The van der Waals surface area contributed by atoms with Crippen LogP contribution in [0.25, 0.3) is 0 Å². The molecule has 0 aromatic heterocycles. The third-order valence-electron chi connectivity index (χ3n) is 2.80. The minimum absolute atomic E-state index is 0.0322. The highest BCUT2D eigenvalue weighted by molar-refractivity contribution is 5.83. The third-order valence-corrected chi connectivity index (χ3v) is 2.80. The maximum atomic E-state index is 11.7. The average molecular weight is 194 g/mol. The van der Waals surface area contributed by atoms with Crippen molar-refractivity contribution in [3.8, 4) is 12.3 Å². The molecule has 0 aromatic rings. The van der Waals surface area contributed by atoms with E-state index in [4.69, 9.17) is 6.42 Å². The quantitative estimate of drug-likeness (QED) is 0.648. The van der Waals surface area contributed by atoms with E-state index in [0.717, 1.165) is 25.8 Å². The van der Waals surface area contributed by atoms with Gasteiger partial charge in [0, 0.05) is 0 Å². The Hall–Kier alpha value is -1.01. The second-order valence-corrected chi connectivity index (χ2v) is 3.97. The lowest BCUT2D eigenvalue weighted by Gasteiger charge is -2.25. The van der Waals surface area contributed by atoms with E-state index in [0.29, 0.717) is 0 Å². The van der Waals surface area contributed by atoms with Gasteiger partial charge in [-0.2, -0.15) is 0 Å². The van der Waals surface area contributed by atoms with E-state index >= 15 is 0 Å². The molecule has 1 fully saturated rings. The molecule has 1 aliphatic rings. The summed E-state index contributed by atoms with van der Waals surface area (Å²) < 4.78 is 0. The van der Waals surface area contributed by atoms with Crippen LogP contribution in [0.2, 0.25) is 0 Å². The van der Waals surface area contributed by atoms with Crippen molar-refractivity contribution in [3.05, 3.63) is 0 Å². The predicted octanol–water partition coefficient (Wildman–Crippen LogP) is 0.656. The van der Waals surface area contributed by atoms with Gasteiger partial charge in [0.25, 0.3) is 0 Å². The van der Waals surface area contributed by atoms with E-state index in [1.807, 2.05) is 13.8 Å². The molecule has 14 heavy (non-hydrogen) atoms. The molecule has 1 rings (SSSR count). The molecule has 0 aromatic carbocycles. The van der Waals surface area contributed by atoms with Crippen molar-refractivity contribution in [1.82, 2.24) is 10.6 Å². The van der Waals surface area contributed by atoms with Gasteiger partial charge in [-0.05, 0) is 32.7 Å². The van der Waals surface area contributed by atoms with Crippen LogP contribution in [0.1, 0.15) is 33.1 Å². The molecule has 3 nitrogen and oxygen atoms in total. The van der Waals surface area contributed by atoms with Gasteiger partial charge in [0.15, 0.2) is 0 Å². The molecule has 1 saturated heterocycles. The first-order chi connectivity index (χ1) is 6.61. The molecule has 1 aliphatic heterocycles. The molecule has 0 saturated carbocycles. The maximum Gasteiger partial charge on any atom is 0.238 e. The first-order valence-corrected chi connectivity index (χ1v) is 5.14. The molecule has 0 spiro atoms. The summed E-state index contributed by atoms with van der Waals surface area (Å²) in [6.07, 6.45) is 8.11. The summed E-state index contributed by atoms with van der Waals surface area (Å²) in [7, 11) is 0. The fourth-order valence-corrected chi connectivity index (χ4v) is 1.49. The maximum absolute atomic E-state index is 11.7. The molecule has 1 amide bonds. The molecule has 78 valence electrons. The van der Waals surface area contributed by atoms with Gasteiger partial charge in [0.2, 0.25) is 5.91 Å². The van der Waals surface area contributed by atoms with Crippen molar-refractivity contribution in [3.63, 3.8) is 0 Å². The summed E-state index contributed by atoms with van der Waals surface area (Å²) in [6.45, 7) is 4.78. The van der Waals surface area contributed by atoms with Gasteiger partial charge in [0.05, 0.1) is 11.6 Å². The summed E-state index contributed by atoms with van der Waals surface area (Å²) in [5.74, 6) is 2.65. The Morgan fingerprint density at radius 3 is 2.93 bits per heavy atom. The van der Waals surface area contributed by atoms with Crippen LogP contribution in [0.4, 0.5) is 0 Å². The molecule has 2 atom stereocenters. The Kier molecular flexibility index (Phi) is 3.54. The van der Waals surface area contributed by atoms with E-state index in [2.05, 4.69) is 16.6 Å². The van der Waals surface area contributed by atoms with E-state index in [1.54, 1.807) is 0 Å². The van der Waals surface area contributed by atoms with Crippen molar-refractivity contribution in [2.45, 2.75) is 44.7 Å². The lowest BCUT2D eigenvalue weighted by Crippen LogP contribution is -2.50. The number of rotatable bonds is 3. The lowest BCUT2D eigenvalue weighted by atomic mass is 9.99. The molecule has 3 heteroatoms. The SMILES string of the molecule is C#CC(C)(CC)NC(=O)C1CCCN1. The lowest BCUT2D eigenvalue weighted by molar-refractivity contribution is -0.124. The van der Waals surface area contributed by atoms with Crippen molar-refractivity contribution in [2.24, 2.45) is 0 Å². The number of carbonyl (C=O) groups excluding carboxylic acids is 1. The number of hydrogen-bond acceptors (Lipinski definition) is 2. The monoisotopic (exact) mass is 194 g/mol. The zero-order valence-electron chi connectivity index (χ0n) is 8.89. The Labute approximate surface area is 85.6 Å². The van der Waals surface area contributed by atoms with Crippen LogP contribution in [-0.2, 0) is 4.79 Å². The van der Waals surface area contributed by atoms with Gasteiger partial charge in [0.1, 0.15) is 0 Å². The number of carbonyl (C=O) groups is 1. The first kappa shape index (κ1) is 11.1. The molecule has 1 heterocycles. The van der Waals surface area contributed by atoms with E-state index in [9.17, 15) is 4.79 Å². The van der Waals surface area contributed by atoms with Gasteiger partial charge in [-0.3, -0.25) is 4.79 Å². The average Bonchev–Trinajstić information content (AvgIpc) is 2.70. The fraction of sp³-hybridized carbons (Fsp3) is 0.727. The number of terminal acetylenes is 1. The highest BCUT2D eigenvalue weighted by atomic mass is 16.2. The molecule has 0 bridgehead atoms. The van der Waals surface area contributed by atoms with Gasteiger partial charge in [-0.15, -0.1) is 6.42 Å². The van der Waals surface area contributed by atoms with Gasteiger partial charge >= 0.3 is 0 Å². The van der Waals surface area contributed by atoms with E-state index in [1.165, 1.54) is 0 Å². The molecule has 2 N–H and O–H groups in total. The molecular weight excluding hydrogens is 176 g/mol. The Balaban J connectivity index is 2.51. The van der Waals surface area contributed by atoms with Crippen LogP contribution in [-0.4, -0.2) is 24.0 Å².